The largest absolute Gasteiger partial charge is 2.00 e. The van der Waals surface area contributed by atoms with Crippen LogP contribution in [0.1, 0.15) is 60.8 Å². The predicted octanol–water partition coefficient (Wildman–Crippen LogP) is 0.660. The summed E-state index contributed by atoms with van der Waals surface area (Å²) in [6.45, 7) is 12.0. The maximum Gasteiger partial charge on any atom is 2.00 e. The van der Waals surface area contributed by atoms with Crippen LogP contribution in [0.4, 0.5) is 0 Å². The average Bonchev–Trinajstić information content (AvgIpc) is 2.66. The van der Waals surface area contributed by atoms with Crippen molar-refractivity contribution in [3.63, 3.8) is 0 Å². The molecule has 0 aromatic carbocycles. The fourth-order valence-corrected chi connectivity index (χ4v) is 1.78. The van der Waals surface area contributed by atoms with E-state index in [1.807, 2.05) is 0 Å². The maximum atomic E-state index is 8.68. The van der Waals surface area contributed by atoms with Crippen LogP contribution in [-0.2, 0) is 29.1 Å². The van der Waals surface area contributed by atoms with Crippen molar-refractivity contribution in [2.24, 2.45) is 11.3 Å². The summed E-state index contributed by atoms with van der Waals surface area (Å²) in [6.07, 6.45) is 7.11. The fraction of sp³-hybridized carbons (Fsp3) is 0.786. The second-order valence-corrected chi connectivity index (χ2v) is 4.48. The van der Waals surface area contributed by atoms with Gasteiger partial charge in [0.1, 0.15) is 0 Å². The van der Waals surface area contributed by atoms with E-state index in [1.54, 1.807) is 5.92 Å². The molecule has 0 aromatic heterocycles. The van der Waals surface area contributed by atoms with E-state index in [4.69, 9.17) is 9.59 Å². The number of hydrogen-bond acceptors (Lipinski definition) is 2. The summed E-state index contributed by atoms with van der Waals surface area (Å²) in [5.74, 6) is 2.70. The SMILES string of the molecule is CCCC[C-]1[C@H](C)C1(C)C.C[C-]=O.C[C-]=O.[Li+].[Zn+2]. The van der Waals surface area contributed by atoms with Crippen molar-refractivity contribution in [3.8, 4) is 0 Å². The smallest absolute Gasteiger partial charge is 0.542 e. The molecule has 0 radical (unpaired) electrons. The maximum absolute atomic E-state index is 8.68. The molecule has 18 heavy (non-hydrogen) atoms. The van der Waals surface area contributed by atoms with Crippen LogP contribution in [0.25, 0.3) is 0 Å². The van der Waals surface area contributed by atoms with Crippen molar-refractivity contribution in [3.05, 3.63) is 5.92 Å². The molecule has 1 aliphatic carbocycles. The standard InChI is InChI=1S/C10H19.2C2H3O.Li.Zn/c1-5-6-7-9-8(2)10(9,3)4;2*1-2-3;;/h8H,5-7H2,1-4H3;2*1H3;;/q3*-1;+1;+2/t8-;;;;/m0..../s1. The molecular weight excluding hydrogens is 272 g/mol. The molecule has 96 valence electrons. The van der Waals surface area contributed by atoms with Gasteiger partial charge in [-0.15, -0.1) is 0 Å². The Kier molecular flexibility index (Phi) is 23.4. The minimum absolute atomic E-state index is 0. The van der Waals surface area contributed by atoms with Gasteiger partial charge in [0.2, 0.25) is 0 Å². The van der Waals surface area contributed by atoms with Gasteiger partial charge in [-0.2, -0.15) is 31.6 Å². The quantitative estimate of drug-likeness (QED) is 0.566. The van der Waals surface area contributed by atoms with E-state index in [-0.39, 0.29) is 38.3 Å². The Bertz CT molecular complexity index is 190. The van der Waals surface area contributed by atoms with Crippen molar-refractivity contribution < 1.29 is 47.9 Å². The van der Waals surface area contributed by atoms with Crippen LogP contribution in [0.15, 0.2) is 0 Å². The van der Waals surface area contributed by atoms with Gasteiger partial charge in [-0.3, -0.25) is 12.6 Å². The third-order valence-corrected chi connectivity index (χ3v) is 3.15. The molecule has 1 aliphatic rings. The van der Waals surface area contributed by atoms with Crippen LogP contribution in [0, 0.1) is 17.3 Å². The molecule has 1 saturated carbocycles. The van der Waals surface area contributed by atoms with Gasteiger partial charge in [0, 0.05) is 0 Å². The topological polar surface area (TPSA) is 34.1 Å². The Balaban J connectivity index is -0.000000106. The summed E-state index contributed by atoms with van der Waals surface area (Å²) in [5.41, 5.74) is 0.592. The van der Waals surface area contributed by atoms with E-state index < -0.39 is 0 Å². The number of carbonyl (C=O) groups excluding carboxylic acids is 2. The molecule has 0 unspecified atom stereocenters. The van der Waals surface area contributed by atoms with Crippen molar-refractivity contribution in [2.75, 3.05) is 0 Å². The van der Waals surface area contributed by atoms with Gasteiger partial charge >= 0.3 is 38.3 Å². The number of unbranched alkanes of at least 4 members (excludes halogenated alkanes) is 1. The zero-order valence-electron chi connectivity index (χ0n) is 13.2. The molecule has 4 heteroatoms. The molecule has 0 amide bonds. The molecular formula is C14H25LiO2Zn. The van der Waals surface area contributed by atoms with E-state index in [0.29, 0.717) is 5.41 Å². The molecule has 0 aromatic rings. The first kappa shape index (κ1) is 27.0. The zero-order valence-corrected chi connectivity index (χ0v) is 16.2. The van der Waals surface area contributed by atoms with Gasteiger partial charge in [0.15, 0.2) is 0 Å². The minimum atomic E-state index is 0. The first-order chi connectivity index (χ1) is 7.43. The fourth-order valence-electron chi connectivity index (χ4n) is 1.78. The molecule has 0 N–H and O–H groups in total. The van der Waals surface area contributed by atoms with Gasteiger partial charge in [-0.25, -0.2) is 0 Å². The van der Waals surface area contributed by atoms with E-state index in [2.05, 4.69) is 27.7 Å². The summed E-state index contributed by atoms with van der Waals surface area (Å²) in [4.78, 5) is 17.4. The zero-order chi connectivity index (χ0) is 13.2. The van der Waals surface area contributed by atoms with Crippen molar-refractivity contribution in [1.82, 2.24) is 0 Å². The summed E-state index contributed by atoms with van der Waals surface area (Å²) >= 11 is 0. The van der Waals surface area contributed by atoms with Crippen molar-refractivity contribution in [1.29, 1.82) is 0 Å². The Labute approximate surface area is 138 Å². The van der Waals surface area contributed by atoms with Crippen LogP contribution in [0.3, 0.4) is 0 Å². The predicted molar refractivity (Wildman–Crippen MR) is 68.4 cm³/mol. The van der Waals surface area contributed by atoms with Gasteiger partial charge in [0.25, 0.3) is 0 Å². The van der Waals surface area contributed by atoms with Crippen LogP contribution >= 0.6 is 0 Å². The Hall–Kier alpha value is 0.561. The van der Waals surface area contributed by atoms with Crippen LogP contribution < -0.4 is 18.9 Å². The first-order valence-corrected chi connectivity index (χ1v) is 5.87. The van der Waals surface area contributed by atoms with Crippen LogP contribution in [-0.4, -0.2) is 12.6 Å². The van der Waals surface area contributed by atoms with Gasteiger partial charge in [0.05, 0.1) is 0 Å². The average molecular weight is 298 g/mol. The summed E-state index contributed by atoms with van der Waals surface area (Å²) in [6, 6.07) is 0. The second kappa shape index (κ2) is 15.6. The number of hydrogen-bond donors (Lipinski definition) is 0. The van der Waals surface area contributed by atoms with Gasteiger partial charge in [-0.05, 0) is 0 Å². The molecule has 0 aliphatic heterocycles. The summed E-state index contributed by atoms with van der Waals surface area (Å²) in [7, 11) is 0. The molecule has 0 spiro atoms. The van der Waals surface area contributed by atoms with Crippen LogP contribution in [0.5, 0.6) is 0 Å². The molecule has 1 rings (SSSR count). The van der Waals surface area contributed by atoms with Crippen molar-refractivity contribution in [2.45, 2.75) is 60.8 Å². The molecule has 0 heterocycles. The summed E-state index contributed by atoms with van der Waals surface area (Å²) in [5, 5.41) is 0. The van der Waals surface area contributed by atoms with E-state index in [9.17, 15) is 0 Å². The normalized spacial score (nSPS) is 18.4. The number of rotatable bonds is 3. The monoisotopic (exact) mass is 296 g/mol. The Morgan fingerprint density at radius 1 is 1.17 bits per heavy atom. The van der Waals surface area contributed by atoms with Gasteiger partial charge < -0.3 is 15.5 Å². The third-order valence-electron chi connectivity index (χ3n) is 3.15. The Morgan fingerprint density at radius 3 is 1.61 bits per heavy atom. The Morgan fingerprint density at radius 2 is 1.44 bits per heavy atom. The van der Waals surface area contributed by atoms with E-state index in [0.717, 1.165) is 5.92 Å². The van der Waals surface area contributed by atoms with Crippen LogP contribution in [0.2, 0.25) is 0 Å². The molecule has 2 nitrogen and oxygen atoms in total. The molecule has 1 fully saturated rings. The van der Waals surface area contributed by atoms with E-state index in [1.165, 1.54) is 45.7 Å². The van der Waals surface area contributed by atoms with E-state index >= 15 is 0 Å². The van der Waals surface area contributed by atoms with Crippen molar-refractivity contribution >= 4 is 12.6 Å². The molecule has 1 atom stereocenters. The third kappa shape index (κ3) is 11.6. The van der Waals surface area contributed by atoms with Gasteiger partial charge in [-0.1, -0.05) is 40.5 Å². The minimum Gasteiger partial charge on any atom is -0.542 e. The second-order valence-electron chi connectivity index (χ2n) is 4.48. The first-order valence-electron chi connectivity index (χ1n) is 5.87. The molecule has 0 saturated heterocycles. The summed E-state index contributed by atoms with van der Waals surface area (Å²) < 4.78 is 0. The molecule has 0 bridgehead atoms.